The SMILES string of the molecule is Brc1ccc2c(c1)C(c1ncco1)CN2.Cl. The fraction of sp³-hybridized carbons (Fsp3) is 0.182. The molecule has 3 rings (SSSR count). The number of benzene rings is 1. The summed E-state index contributed by atoms with van der Waals surface area (Å²) in [5.74, 6) is 1.01. The molecule has 1 unspecified atom stereocenters. The highest BCUT2D eigenvalue weighted by Crippen LogP contribution is 2.36. The molecular weight excluding hydrogens is 291 g/mol. The third-order valence-electron chi connectivity index (χ3n) is 2.64. The summed E-state index contributed by atoms with van der Waals surface area (Å²) in [6, 6.07) is 6.22. The van der Waals surface area contributed by atoms with E-state index in [-0.39, 0.29) is 18.3 Å². The Labute approximate surface area is 108 Å². The van der Waals surface area contributed by atoms with E-state index in [9.17, 15) is 0 Å². The normalized spacial score (nSPS) is 17.4. The van der Waals surface area contributed by atoms with Crippen LogP contribution in [-0.2, 0) is 0 Å². The molecule has 1 atom stereocenters. The fourth-order valence-electron chi connectivity index (χ4n) is 1.93. The number of hydrogen-bond donors (Lipinski definition) is 1. The van der Waals surface area contributed by atoms with Crippen molar-refractivity contribution in [1.29, 1.82) is 0 Å². The fourth-order valence-corrected chi connectivity index (χ4v) is 2.31. The Bertz CT molecular complexity index is 487. The molecule has 0 aliphatic carbocycles. The van der Waals surface area contributed by atoms with Gasteiger partial charge in [0.2, 0.25) is 5.89 Å². The minimum atomic E-state index is 0. The summed E-state index contributed by atoms with van der Waals surface area (Å²) >= 11 is 3.48. The van der Waals surface area contributed by atoms with Crippen molar-refractivity contribution in [2.24, 2.45) is 0 Å². The van der Waals surface area contributed by atoms with E-state index in [1.165, 1.54) is 11.3 Å². The van der Waals surface area contributed by atoms with Crippen LogP contribution in [0.25, 0.3) is 0 Å². The Kier molecular flexibility index (Phi) is 3.21. The molecule has 0 saturated heterocycles. The van der Waals surface area contributed by atoms with Crippen molar-refractivity contribution in [3.63, 3.8) is 0 Å². The standard InChI is InChI=1S/C11H9BrN2O.ClH/c12-7-1-2-10-8(5-7)9(6-14-10)11-13-3-4-15-11;/h1-5,9,14H,6H2;1H. The van der Waals surface area contributed by atoms with Crippen LogP contribution in [0.5, 0.6) is 0 Å². The van der Waals surface area contributed by atoms with Gasteiger partial charge in [0.05, 0.1) is 12.1 Å². The van der Waals surface area contributed by atoms with Crippen LogP contribution in [0.15, 0.2) is 39.5 Å². The number of nitrogens with one attached hydrogen (secondary N) is 1. The smallest absolute Gasteiger partial charge is 0.203 e. The summed E-state index contributed by atoms with van der Waals surface area (Å²) in [5.41, 5.74) is 2.41. The van der Waals surface area contributed by atoms with Gasteiger partial charge in [0.25, 0.3) is 0 Å². The number of rotatable bonds is 1. The van der Waals surface area contributed by atoms with Crippen molar-refractivity contribution in [1.82, 2.24) is 4.98 Å². The number of halogens is 2. The summed E-state index contributed by atoms with van der Waals surface area (Å²) in [6.45, 7) is 0.853. The third-order valence-corrected chi connectivity index (χ3v) is 3.13. The summed E-state index contributed by atoms with van der Waals surface area (Å²) in [7, 11) is 0. The van der Waals surface area contributed by atoms with Crippen LogP contribution in [0.2, 0.25) is 0 Å². The van der Waals surface area contributed by atoms with Crippen molar-refractivity contribution < 1.29 is 4.42 Å². The van der Waals surface area contributed by atoms with Gasteiger partial charge >= 0.3 is 0 Å². The number of fused-ring (bicyclic) bond motifs is 1. The second-order valence-electron chi connectivity index (χ2n) is 3.54. The lowest BCUT2D eigenvalue weighted by molar-refractivity contribution is 0.480. The largest absolute Gasteiger partial charge is 0.448 e. The van der Waals surface area contributed by atoms with E-state index in [4.69, 9.17) is 4.42 Å². The molecule has 0 amide bonds. The molecule has 1 aromatic carbocycles. The van der Waals surface area contributed by atoms with Gasteiger partial charge in [-0.25, -0.2) is 4.98 Å². The lowest BCUT2D eigenvalue weighted by Gasteiger charge is -2.05. The van der Waals surface area contributed by atoms with Gasteiger partial charge in [-0.2, -0.15) is 0 Å². The molecule has 0 radical (unpaired) electrons. The molecule has 0 spiro atoms. The first kappa shape index (κ1) is 11.5. The van der Waals surface area contributed by atoms with E-state index >= 15 is 0 Å². The lowest BCUT2D eigenvalue weighted by Crippen LogP contribution is -2.03. The topological polar surface area (TPSA) is 38.1 Å². The molecule has 2 heterocycles. The molecule has 0 fully saturated rings. The monoisotopic (exact) mass is 300 g/mol. The van der Waals surface area contributed by atoms with Gasteiger partial charge in [-0.05, 0) is 23.8 Å². The van der Waals surface area contributed by atoms with E-state index < -0.39 is 0 Å². The zero-order valence-corrected chi connectivity index (χ0v) is 10.7. The second-order valence-corrected chi connectivity index (χ2v) is 4.45. The first-order valence-corrected chi connectivity index (χ1v) is 5.56. The number of hydrogen-bond acceptors (Lipinski definition) is 3. The zero-order chi connectivity index (χ0) is 10.3. The van der Waals surface area contributed by atoms with Gasteiger partial charge < -0.3 is 9.73 Å². The predicted molar refractivity (Wildman–Crippen MR) is 68.2 cm³/mol. The van der Waals surface area contributed by atoms with E-state index in [0.29, 0.717) is 0 Å². The highest BCUT2D eigenvalue weighted by Gasteiger charge is 2.26. The zero-order valence-electron chi connectivity index (χ0n) is 8.31. The van der Waals surface area contributed by atoms with Crippen molar-refractivity contribution >= 4 is 34.0 Å². The summed E-state index contributed by atoms with van der Waals surface area (Å²) in [4.78, 5) is 4.20. The first-order valence-electron chi connectivity index (χ1n) is 4.77. The molecule has 2 aromatic rings. The quantitative estimate of drug-likeness (QED) is 0.877. The molecule has 3 nitrogen and oxygen atoms in total. The van der Waals surface area contributed by atoms with E-state index in [1.54, 1.807) is 12.5 Å². The van der Waals surface area contributed by atoms with Gasteiger partial charge in [0.15, 0.2) is 0 Å². The molecule has 1 aliphatic rings. The molecule has 1 aliphatic heterocycles. The van der Waals surface area contributed by atoms with Crippen LogP contribution in [0.1, 0.15) is 17.4 Å². The van der Waals surface area contributed by atoms with Crippen molar-refractivity contribution in [3.8, 4) is 0 Å². The predicted octanol–water partition coefficient (Wildman–Crippen LogP) is 3.42. The Hall–Kier alpha value is -1.00. The average molecular weight is 302 g/mol. The molecular formula is C11H10BrClN2O. The average Bonchev–Trinajstić information content (AvgIpc) is 2.83. The second kappa shape index (κ2) is 4.47. The van der Waals surface area contributed by atoms with Crippen LogP contribution < -0.4 is 5.32 Å². The van der Waals surface area contributed by atoms with Crippen molar-refractivity contribution in [3.05, 3.63) is 46.6 Å². The summed E-state index contributed by atoms with van der Waals surface area (Å²) in [6.07, 6.45) is 3.30. The Morgan fingerprint density at radius 1 is 1.44 bits per heavy atom. The number of nitrogens with zero attached hydrogens (tertiary/aromatic N) is 1. The van der Waals surface area contributed by atoms with Crippen LogP contribution in [0, 0.1) is 0 Å². The molecule has 0 bridgehead atoms. The highest BCUT2D eigenvalue weighted by molar-refractivity contribution is 9.10. The highest BCUT2D eigenvalue weighted by atomic mass is 79.9. The van der Waals surface area contributed by atoms with Gasteiger partial charge in [-0.3, -0.25) is 0 Å². The maximum absolute atomic E-state index is 5.35. The number of anilines is 1. The van der Waals surface area contributed by atoms with Gasteiger partial charge in [-0.1, -0.05) is 15.9 Å². The van der Waals surface area contributed by atoms with Crippen molar-refractivity contribution in [2.75, 3.05) is 11.9 Å². The van der Waals surface area contributed by atoms with Crippen LogP contribution >= 0.6 is 28.3 Å². The van der Waals surface area contributed by atoms with Crippen LogP contribution in [0.3, 0.4) is 0 Å². The number of aromatic nitrogens is 1. The minimum absolute atomic E-state index is 0. The molecule has 84 valence electrons. The van der Waals surface area contributed by atoms with Crippen LogP contribution in [-0.4, -0.2) is 11.5 Å². The Balaban J connectivity index is 0.000000963. The summed E-state index contributed by atoms with van der Waals surface area (Å²) < 4.78 is 6.43. The molecule has 1 aromatic heterocycles. The first-order chi connectivity index (χ1) is 7.34. The maximum atomic E-state index is 5.35. The molecule has 1 N–H and O–H groups in total. The third kappa shape index (κ3) is 1.83. The lowest BCUT2D eigenvalue weighted by atomic mass is 10.0. The number of oxazole rings is 1. The van der Waals surface area contributed by atoms with E-state index in [1.807, 2.05) is 6.07 Å². The molecule has 5 heteroatoms. The van der Waals surface area contributed by atoms with E-state index in [0.717, 1.165) is 16.9 Å². The van der Waals surface area contributed by atoms with Gasteiger partial charge in [0, 0.05) is 16.7 Å². The Morgan fingerprint density at radius 3 is 3.06 bits per heavy atom. The van der Waals surface area contributed by atoms with Gasteiger partial charge in [0.1, 0.15) is 6.26 Å². The summed E-state index contributed by atoms with van der Waals surface area (Å²) in [5, 5.41) is 3.34. The molecule has 0 saturated carbocycles. The van der Waals surface area contributed by atoms with Crippen LogP contribution in [0.4, 0.5) is 5.69 Å². The van der Waals surface area contributed by atoms with Gasteiger partial charge in [-0.15, -0.1) is 12.4 Å². The Morgan fingerprint density at radius 2 is 2.31 bits per heavy atom. The van der Waals surface area contributed by atoms with Crippen molar-refractivity contribution in [2.45, 2.75) is 5.92 Å². The maximum Gasteiger partial charge on any atom is 0.203 e. The molecule has 16 heavy (non-hydrogen) atoms. The van der Waals surface area contributed by atoms with E-state index in [2.05, 4.69) is 38.4 Å². The minimum Gasteiger partial charge on any atom is -0.448 e.